The first-order valence-corrected chi connectivity index (χ1v) is 12.8. The van der Waals surface area contributed by atoms with E-state index in [4.69, 9.17) is 9.47 Å². The number of aromatic amines is 1. The predicted octanol–water partition coefficient (Wildman–Crippen LogP) is 5.92. The average molecular weight is 536 g/mol. The van der Waals surface area contributed by atoms with E-state index in [9.17, 15) is 9.90 Å². The Morgan fingerprint density at radius 2 is 1.77 bits per heavy atom. The van der Waals surface area contributed by atoms with Crippen molar-refractivity contribution >= 4 is 17.7 Å². The Morgan fingerprint density at radius 3 is 2.55 bits per heavy atom. The highest BCUT2D eigenvalue weighted by Crippen LogP contribution is 2.27. The van der Waals surface area contributed by atoms with E-state index in [-0.39, 0.29) is 12.5 Å². The molecule has 4 N–H and O–H groups in total. The summed E-state index contributed by atoms with van der Waals surface area (Å²) in [6.07, 6.45) is 2.75. The molecule has 0 fully saturated rings. The minimum atomic E-state index is -0.688. The summed E-state index contributed by atoms with van der Waals surface area (Å²) in [4.78, 5) is 24.5. The van der Waals surface area contributed by atoms with Crippen molar-refractivity contribution < 1.29 is 19.4 Å². The highest BCUT2D eigenvalue weighted by molar-refractivity contribution is 5.72. The number of aliphatic hydroxyl groups is 1. The molecule has 0 aliphatic carbocycles. The van der Waals surface area contributed by atoms with Crippen LogP contribution in [0.25, 0.3) is 11.3 Å². The molecule has 1 amide bonds. The van der Waals surface area contributed by atoms with Gasteiger partial charge in [-0.1, -0.05) is 66.7 Å². The van der Waals surface area contributed by atoms with E-state index in [2.05, 4.69) is 25.6 Å². The fourth-order valence-electron chi connectivity index (χ4n) is 4.09. The molecule has 0 saturated heterocycles. The molecule has 9 heteroatoms. The molecular weight excluding hydrogens is 506 g/mol. The van der Waals surface area contributed by atoms with E-state index in [1.54, 1.807) is 18.5 Å². The molecule has 0 aliphatic rings. The minimum absolute atomic E-state index is 0.244. The van der Waals surface area contributed by atoms with Crippen molar-refractivity contribution in [2.24, 2.45) is 0 Å². The van der Waals surface area contributed by atoms with Gasteiger partial charge in [0.1, 0.15) is 12.4 Å². The molecule has 1 atom stereocenters. The highest BCUT2D eigenvalue weighted by atomic mass is 16.6. The highest BCUT2D eigenvalue weighted by Gasteiger charge is 2.16. The fourth-order valence-corrected chi connectivity index (χ4v) is 4.09. The summed E-state index contributed by atoms with van der Waals surface area (Å²) >= 11 is 0. The lowest BCUT2D eigenvalue weighted by Gasteiger charge is -2.15. The van der Waals surface area contributed by atoms with E-state index >= 15 is 0 Å². The van der Waals surface area contributed by atoms with Crippen LogP contribution in [-0.2, 0) is 6.61 Å². The molecule has 0 bridgehead atoms. The molecule has 5 aromatic rings. The second-order valence-corrected chi connectivity index (χ2v) is 9.08. The number of nitrogens with one attached hydrogen (secondary N) is 3. The number of H-pyrrole nitrogens is 1. The van der Waals surface area contributed by atoms with Gasteiger partial charge >= 0.3 is 6.09 Å². The Balaban J connectivity index is 1.23. The molecule has 202 valence electrons. The maximum atomic E-state index is 12.5. The molecular formula is C31H29N5O4. The number of benzene rings is 3. The van der Waals surface area contributed by atoms with Crippen molar-refractivity contribution in [3.8, 4) is 22.9 Å². The van der Waals surface area contributed by atoms with E-state index in [0.29, 0.717) is 18.2 Å². The number of hydrogen-bond donors (Lipinski definition) is 4. The molecule has 0 saturated carbocycles. The average Bonchev–Trinajstić information content (AvgIpc) is 3.45. The molecule has 0 aliphatic heterocycles. The minimum Gasteiger partial charge on any atom is -0.489 e. The summed E-state index contributed by atoms with van der Waals surface area (Å²) in [6, 6.07) is 27.9. The lowest BCUT2D eigenvalue weighted by molar-refractivity contribution is 0.182. The summed E-state index contributed by atoms with van der Waals surface area (Å²) in [7, 11) is 0. The zero-order valence-corrected chi connectivity index (χ0v) is 21.9. The Kier molecular flexibility index (Phi) is 8.33. The lowest BCUT2D eigenvalue weighted by atomic mass is 10.1. The molecule has 2 heterocycles. The van der Waals surface area contributed by atoms with Crippen LogP contribution in [0.2, 0.25) is 0 Å². The first-order chi connectivity index (χ1) is 19.6. The van der Waals surface area contributed by atoms with Gasteiger partial charge in [0.25, 0.3) is 0 Å². The zero-order valence-electron chi connectivity index (χ0n) is 21.9. The number of carbonyl (C=O) groups is 1. The number of ether oxygens (including phenoxy) is 2. The van der Waals surface area contributed by atoms with E-state index < -0.39 is 12.1 Å². The third-order valence-corrected chi connectivity index (χ3v) is 6.12. The topological polar surface area (TPSA) is 121 Å². The summed E-state index contributed by atoms with van der Waals surface area (Å²) in [5, 5.41) is 15.6. The number of aromatic nitrogens is 3. The number of aliphatic hydroxyl groups excluding tert-OH is 1. The van der Waals surface area contributed by atoms with Crippen LogP contribution in [0, 0.1) is 6.92 Å². The summed E-state index contributed by atoms with van der Waals surface area (Å²) in [6.45, 7) is 2.12. The van der Waals surface area contributed by atoms with Crippen molar-refractivity contribution in [2.75, 3.05) is 11.9 Å². The standard InChI is InChI=1S/C31H29N5O4/c1-21-17-33-30(34-25-13-8-14-26(16-25)39-20-22-9-4-2-5-10-22)36-29(21)24-15-28(32-18-24)40-31(38)35-27(19-37)23-11-6-3-7-12-23/h2-18,27,32,37H,19-20H2,1H3,(H,35,38)(H,33,34,36). The first-order valence-electron chi connectivity index (χ1n) is 12.8. The number of amides is 1. The zero-order chi connectivity index (χ0) is 27.7. The molecule has 5 rings (SSSR count). The van der Waals surface area contributed by atoms with Gasteiger partial charge in [0.2, 0.25) is 11.8 Å². The first kappa shape index (κ1) is 26.5. The van der Waals surface area contributed by atoms with Gasteiger partial charge < -0.3 is 30.2 Å². The number of anilines is 2. The molecule has 3 aromatic carbocycles. The monoisotopic (exact) mass is 535 g/mol. The molecule has 40 heavy (non-hydrogen) atoms. The van der Waals surface area contributed by atoms with Crippen LogP contribution in [0.1, 0.15) is 22.7 Å². The predicted molar refractivity (Wildman–Crippen MR) is 152 cm³/mol. The van der Waals surface area contributed by atoms with Crippen LogP contribution in [0.15, 0.2) is 103 Å². The number of carbonyl (C=O) groups excluding carboxylic acids is 1. The largest absolute Gasteiger partial charge is 0.489 e. The van der Waals surface area contributed by atoms with Gasteiger partial charge in [-0.15, -0.1) is 0 Å². The molecule has 0 spiro atoms. The fraction of sp³-hybridized carbons (Fsp3) is 0.129. The smallest absolute Gasteiger partial charge is 0.414 e. The molecule has 0 radical (unpaired) electrons. The van der Waals surface area contributed by atoms with Crippen LogP contribution >= 0.6 is 0 Å². The third kappa shape index (κ3) is 6.83. The Labute approximate surface area is 231 Å². The van der Waals surface area contributed by atoms with Crippen LogP contribution < -0.4 is 20.1 Å². The van der Waals surface area contributed by atoms with Gasteiger partial charge in [0.15, 0.2) is 0 Å². The van der Waals surface area contributed by atoms with E-state index in [1.807, 2.05) is 91.9 Å². The summed E-state index contributed by atoms with van der Waals surface area (Å²) in [5.74, 6) is 1.38. The Morgan fingerprint density at radius 1 is 1.00 bits per heavy atom. The molecule has 9 nitrogen and oxygen atoms in total. The maximum absolute atomic E-state index is 12.5. The Hall–Kier alpha value is -5.15. The second kappa shape index (κ2) is 12.6. The van der Waals surface area contributed by atoms with Crippen molar-refractivity contribution in [1.29, 1.82) is 0 Å². The van der Waals surface area contributed by atoms with Crippen LogP contribution in [-0.4, -0.2) is 32.8 Å². The molecule has 1 unspecified atom stereocenters. The molecule has 2 aromatic heterocycles. The van der Waals surface area contributed by atoms with Crippen LogP contribution in [0.3, 0.4) is 0 Å². The summed E-state index contributed by atoms with van der Waals surface area (Å²) in [5.41, 5.74) is 4.91. The van der Waals surface area contributed by atoms with Crippen molar-refractivity contribution in [3.05, 3.63) is 120 Å². The van der Waals surface area contributed by atoms with Gasteiger partial charge in [-0.2, -0.15) is 0 Å². The van der Waals surface area contributed by atoms with E-state index in [1.165, 1.54) is 0 Å². The number of rotatable bonds is 10. The number of nitrogens with zero attached hydrogens (tertiary/aromatic N) is 2. The third-order valence-electron chi connectivity index (χ3n) is 6.12. The maximum Gasteiger partial charge on any atom is 0.414 e. The van der Waals surface area contributed by atoms with Crippen molar-refractivity contribution in [1.82, 2.24) is 20.3 Å². The lowest BCUT2D eigenvalue weighted by Crippen LogP contribution is -2.33. The van der Waals surface area contributed by atoms with Gasteiger partial charge in [-0.3, -0.25) is 0 Å². The van der Waals surface area contributed by atoms with Gasteiger partial charge in [0, 0.05) is 35.8 Å². The summed E-state index contributed by atoms with van der Waals surface area (Å²) < 4.78 is 11.3. The van der Waals surface area contributed by atoms with Gasteiger partial charge in [-0.05, 0) is 35.7 Å². The van der Waals surface area contributed by atoms with Gasteiger partial charge in [0.05, 0.1) is 18.3 Å². The second-order valence-electron chi connectivity index (χ2n) is 9.08. The SMILES string of the molecule is Cc1cnc(Nc2cccc(OCc3ccccc3)c2)nc1-c1c[nH]c(OC(=O)NC(CO)c2ccccc2)c1. The van der Waals surface area contributed by atoms with Crippen LogP contribution in [0.5, 0.6) is 11.6 Å². The quantitative estimate of drug-likeness (QED) is 0.175. The Bertz CT molecular complexity index is 1560. The number of hydrogen-bond acceptors (Lipinski definition) is 7. The van der Waals surface area contributed by atoms with Crippen LogP contribution in [0.4, 0.5) is 16.4 Å². The van der Waals surface area contributed by atoms with E-state index in [0.717, 1.165) is 33.7 Å². The van der Waals surface area contributed by atoms with Crippen molar-refractivity contribution in [3.63, 3.8) is 0 Å². The normalized spacial score (nSPS) is 11.4. The van der Waals surface area contributed by atoms with Gasteiger partial charge in [-0.25, -0.2) is 14.8 Å². The number of aryl methyl sites for hydroxylation is 1. The van der Waals surface area contributed by atoms with Crippen molar-refractivity contribution in [2.45, 2.75) is 19.6 Å².